The molecule has 1 N–H and O–H groups in total. The van der Waals surface area contributed by atoms with Gasteiger partial charge >= 0.3 is 0 Å². The van der Waals surface area contributed by atoms with Crippen molar-refractivity contribution in [1.29, 1.82) is 0 Å². The van der Waals surface area contributed by atoms with E-state index in [1.807, 2.05) is 59.0 Å². The maximum atomic E-state index is 13.1. The predicted octanol–water partition coefficient (Wildman–Crippen LogP) is 2.33. The van der Waals surface area contributed by atoms with Crippen LogP contribution in [0.5, 0.6) is 0 Å². The fraction of sp³-hybridized carbons (Fsp3) is 0.500. The highest BCUT2D eigenvalue weighted by Crippen LogP contribution is 2.22. The smallest absolute Gasteiger partial charge is 0.130 e. The summed E-state index contributed by atoms with van der Waals surface area (Å²) in [7, 11) is 10.1. The van der Waals surface area contributed by atoms with Gasteiger partial charge in [-0.1, -0.05) is 12.1 Å². The van der Waals surface area contributed by atoms with Gasteiger partial charge < -0.3 is 15.1 Å². The maximum absolute atomic E-state index is 13.1. The highest BCUT2D eigenvalue weighted by atomic mass is 19.1. The van der Waals surface area contributed by atoms with Crippen LogP contribution < -0.4 is 10.2 Å². The number of rotatable bonds is 7. The zero-order chi connectivity index (χ0) is 17.9. The number of nitrogens with zero attached hydrogens (tertiary/aromatic N) is 4. The summed E-state index contributed by atoms with van der Waals surface area (Å²) < 4.78 is 15.1. The van der Waals surface area contributed by atoms with Crippen LogP contribution >= 0.6 is 0 Å². The predicted molar refractivity (Wildman–Crippen MR) is 96.8 cm³/mol. The molecule has 0 unspecified atom stereocenters. The quantitative estimate of drug-likeness (QED) is 0.844. The summed E-state index contributed by atoms with van der Waals surface area (Å²) in [4.78, 5) is 4.23. The first-order valence-electron chi connectivity index (χ1n) is 8.13. The first kappa shape index (κ1) is 18.4. The van der Waals surface area contributed by atoms with Gasteiger partial charge in [-0.15, -0.1) is 0 Å². The van der Waals surface area contributed by atoms with E-state index in [4.69, 9.17) is 0 Å². The third-order valence-electron chi connectivity index (χ3n) is 4.25. The minimum atomic E-state index is -0.203. The molecule has 24 heavy (non-hydrogen) atoms. The number of benzene rings is 1. The molecule has 1 aromatic heterocycles. The van der Waals surface area contributed by atoms with Crippen LogP contribution in [0, 0.1) is 12.7 Å². The number of hydrogen-bond acceptors (Lipinski definition) is 4. The van der Waals surface area contributed by atoms with Crippen LogP contribution in [0.1, 0.15) is 22.9 Å². The third kappa shape index (κ3) is 4.13. The number of hydrogen-bond donors (Lipinski definition) is 1. The summed E-state index contributed by atoms with van der Waals surface area (Å²) in [6.45, 7) is 3.56. The number of aryl methyl sites for hydroxylation is 2. The molecule has 6 heteroatoms. The van der Waals surface area contributed by atoms with Gasteiger partial charge in [0.2, 0.25) is 0 Å². The van der Waals surface area contributed by atoms with Crippen LogP contribution in [0.25, 0.3) is 0 Å². The average Bonchev–Trinajstić information content (AvgIpc) is 2.78. The van der Waals surface area contributed by atoms with Gasteiger partial charge in [-0.25, -0.2) is 4.39 Å². The van der Waals surface area contributed by atoms with Crippen molar-refractivity contribution in [3.63, 3.8) is 0 Å². The Bertz CT molecular complexity index is 661. The SMILES string of the molecule is Cc1nn(C)c(N(C)C)c1CNC[C@@H](c1ccc(F)cc1)N(C)C. The Morgan fingerprint density at radius 2 is 1.79 bits per heavy atom. The topological polar surface area (TPSA) is 36.3 Å². The molecule has 132 valence electrons. The molecular weight excluding hydrogens is 305 g/mol. The van der Waals surface area contributed by atoms with Gasteiger partial charge in [0.25, 0.3) is 0 Å². The Kier molecular flexibility index (Phi) is 5.96. The Morgan fingerprint density at radius 1 is 1.17 bits per heavy atom. The average molecular weight is 333 g/mol. The van der Waals surface area contributed by atoms with E-state index >= 15 is 0 Å². The Balaban J connectivity index is 2.08. The number of nitrogens with one attached hydrogen (secondary N) is 1. The molecule has 0 fully saturated rings. The van der Waals surface area contributed by atoms with E-state index in [0.29, 0.717) is 0 Å². The van der Waals surface area contributed by atoms with Crippen molar-refractivity contribution in [3.05, 3.63) is 46.9 Å². The van der Waals surface area contributed by atoms with Crippen molar-refractivity contribution in [1.82, 2.24) is 20.0 Å². The minimum Gasteiger partial charge on any atom is -0.363 e. The van der Waals surface area contributed by atoms with Crippen molar-refractivity contribution in [2.24, 2.45) is 7.05 Å². The fourth-order valence-corrected chi connectivity index (χ4v) is 3.07. The third-order valence-corrected chi connectivity index (χ3v) is 4.25. The van der Waals surface area contributed by atoms with E-state index in [9.17, 15) is 4.39 Å². The molecule has 1 atom stereocenters. The molecule has 1 aromatic carbocycles. The minimum absolute atomic E-state index is 0.186. The zero-order valence-electron chi connectivity index (χ0n) is 15.5. The molecule has 0 aliphatic carbocycles. The normalized spacial score (nSPS) is 12.7. The van der Waals surface area contributed by atoms with Gasteiger partial charge in [-0.2, -0.15) is 5.10 Å². The second kappa shape index (κ2) is 7.77. The zero-order valence-corrected chi connectivity index (χ0v) is 15.5. The van der Waals surface area contributed by atoms with Crippen LogP contribution in [-0.4, -0.2) is 49.4 Å². The second-order valence-electron chi connectivity index (χ2n) is 6.57. The summed E-state index contributed by atoms with van der Waals surface area (Å²) >= 11 is 0. The molecule has 0 amide bonds. The first-order valence-corrected chi connectivity index (χ1v) is 8.13. The Hall–Kier alpha value is -1.92. The Morgan fingerprint density at radius 3 is 2.33 bits per heavy atom. The molecule has 2 aromatic rings. The van der Waals surface area contributed by atoms with Crippen LogP contribution in [0.2, 0.25) is 0 Å². The van der Waals surface area contributed by atoms with Crippen molar-refractivity contribution in [3.8, 4) is 0 Å². The van der Waals surface area contributed by atoms with Gasteiger partial charge in [0, 0.05) is 45.8 Å². The summed E-state index contributed by atoms with van der Waals surface area (Å²) in [5.74, 6) is 0.911. The van der Waals surface area contributed by atoms with Crippen molar-refractivity contribution in [2.75, 3.05) is 39.6 Å². The summed E-state index contributed by atoms with van der Waals surface area (Å²) in [5.41, 5.74) is 3.35. The fourth-order valence-electron chi connectivity index (χ4n) is 3.07. The second-order valence-corrected chi connectivity index (χ2v) is 6.57. The summed E-state index contributed by atoms with van der Waals surface area (Å²) in [6, 6.07) is 6.91. The monoisotopic (exact) mass is 333 g/mol. The molecule has 1 heterocycles. The molecule has 2 rings (SSSR count). The van der Waals surface area contributed by atoms with E-state index in [0.717, 1.165) is 30.2 Å². The van der Waals surface area contributed by atoms with Crippen molar-refractivity contribution in [2.45, 2.75) is 19.5 Å². The van der Waals surface area contributed by atoms with E-state index in [1.54, 1.807) is 0 Å². The molecule has 0 aliphatic heterocycles. The summed E-state index contributed by atoms with van der Waals surface area (Å²) in [6.07, 6.45) is 0. The van der Waals surface area contributed by atoms with Gasteiger partial charge in [0.05, 0.1) is 5.69 Å². The highest BCUT2D eigenvalue weighted by molar-refractivity contribution is 5.48. The van der Waals surface area contributed by atoms with Crippen molar-refractivity contribution >= 4 is 5.82 Å². The molecular formula is C18H28FN5. The molecule has 0 spiro atoms. The number of halogens is 1. The maximum Gasteiger partial charge on any atom is 0.130 e. The van der Waals surface area contributed by atoms with E-state index in [2.05, 4.69) is 20.2 Å². The molecule has 0 saturated carbocycles. The number of aromatic nitrogens is 2. The lowest BCUT2D eigenvalue weighted by atomic mass is 10.1. The molecule has 0 aliphatic rings. The molecule has 0 saturated heterocycles. The Labute approximate surface area is 144 Å². The van der Waals surface area contributed by atoms with Gasteiger partial charge in [-0.05, 0) is 38.7 Å². The molecule has 0 radical (unpaired) electrons. The van der Waals surface area contributed by atoms with Gasteiger partial charge in [0.1, 0.15) is 11.6 Å². The summed E-state index contributed by atoms with van der Waals surface area (Å²) in [5, 5.41) is 8.05. The highest BCUT2D eigenvalue weighted by Gasteiger charge is 2.17. The number of likely N-dealkylation sites (N-methyl/N-ethyl adjacent to an activating group) is 1. The van der Waals surface area contributed by atoms with Gasteiger partial charge in [-0.3, -0.25) is 4.68 Å². The van der Waals surface area contributed by atoms with E-state index in [-0.39, 0.29) is 11.9 Å². The number of anilines is 1. The van der Waals surface area contributed by atoms with Crippen LogP contribution in [0.15, 0.2) is 24.3 Å². The lowest BCUT2D eigenvalue weighted by molar-refractivity contribution is 0.288. The van der Waals surface area contributed by atoms with Crippen LogP contribution in [-0.2, 0) is 13.6 Å². The standard InChI is InChI=1S/C18H28FN5/c1-13-16(18(23(4)5)24(6)21-13)11-20-12-17(22(2)3)14-7-9-15(19)10-8-14/h7-10,17,20H,11-12H2,1-6H3/t17-/m0/s1. The lowest BCUT2D eigenvalue weighted by Gasteiger charge is -2.25. The van der Waals surface area contributed by atoms with Gasteiger partial charge in [0.15, 0.2) is 0 Å². The molecule has 0 bridgehead atoms. The first-order chi connectivity index (χ1) is 11.3. The largest absolute Gasteiger partial charge is 0.363 e. The van der Waals surface area contributed by atoms with E-state index in [1.165, 1.54) is 17.7 Å². The van der Waals surface area contributed by atoms with Crippen LogP contribution in [0.3, 0.4) is 0 Å². The van der Waals surface area contributed by atoms with Crippen molar-refractivity contribution < 1.29 is 4.39 Å². The molecule has 5 nitrogen and oxygen atoms in total. The lowest BCUT2D eigenvalue weighted by Crippen LogP contribution is -2.31. The van der Waals surface area contributed by atoms with Crippen LogP contribution in [0.4, 0.5) is 10.2 Å². The van der Waals surface area contributed by atoms with E-state index < -0.39 is 0 Å².